The third-order valence-corrected chi connectivity index (χ3v) is 5.81. The van der Waals surface area contributed by atoms with Gasteiger partial charge in [-0.25, -0.2) is 0 Å². The van der Waals surface area contributed by atoms with Crippen molar-refractivity contribution in [2.24, 2.45) is 5.92 Å². The summed E-state index contributed by atoms with van der Waals surface area (Å²) in [6, 6.07) is 17.6. The van der Waals surface area contributed by atoms with Crippen molar-refractivity contribution < 1.29 is 9.32 Å². The largest absolute Gasteiger partial charge is 0.338 e. The number of anilines is 1. The summed E-state index contributed by atoms with van der Waals surface area (Å²) in [6.45, 7) is 2.29. The normalized spacial score (nSPS) is 15.4. The van der Waals surface area contributed by atoms with Gasteiger partial charge in [-0.1, -0.05) is 51.4 Å². The Hall–Kier alpha value is -2.51. The molecular formula is C22H23BrN4O2. The van der Waals surface area contributed by atoms with Crippen LogP contribution < -0.4 is 4.90 Å². The molecule has 0 saturated carbocycles. The van der Waals surface area contributed by atoms with Crippen LogP contribution in [0.3, 0.4) is 0 Å². The first-order chi connectivity index (χ1) is 14.1. The van der Waals surface area contributed by atoms with Crippen LogP contribution in [0.25, 0.3) is 11.4 Å². The van der Waals surface area contributed by atoms with E-state index < -0.39 is 0 Å². The van der Waals surface area contributed by atoms with Gasteiger partial charge in [-0.05, 0) is 50.2 Å². The lowest BCUT2D eigenvalue weighted by Gasteiger charge is -2.32. The average Bonchev–Trinajstić information content (AvgIpc) is 3.22. The lowest BCUT2D eigenvalue weighted by atomic mass is 9.95. The SMILES string of the molecule is CN(C(=O)C1CCN(Cc2nc(-c3cccc(Br)c3)no2)CC1)c1ccccc1. The maximum atomic E-state index is 12.8. The standard InChI is InChI=1S/C22H23BrN4O2/c1-26(19-8-3-2-4-9-19)22(28)16-10-12-27(13-11-16)15-20-24-21(25-29-20)17-6-5-7-18(23)14-17/h2-9,14,16H,10-13,15H2,1H3. The molecule has 150 valence electrons. The van der Waals surface area contributed by atoms with Crippen LogP contribution >= 0.6 is 15.9 Å². The van der Waals surface area contributed by atoms with E-state index in [9.17, 15) is 4.79 Å². The van der Waals surface area contributed by atoms with Gasteiger partial charge in [0.05, 0.1) is 6.54 Å². The van der Waals surface area contributed by atoms with Gasteiger partial charge in [-0.3, -0.25) is 9.69 Å². The van der Waals surface area contributed by atoms with Crippen molar-refractivity contribution in [3.8, 4) is 11.4 Å². The number of hydrogen-bond acceptors (Lipinski definition) is 5. The summed E-state index contributed by atoms with van der Waals surface area (Å²) in [6.07, 6.45) is 1.67. The topological polar surface area (TPSA) is 62.5 Å². The minimum atomic E-state index is 0.0522. The number of likely N-dealkylation sites (tertiary alicyclic amines) is 1. The number of amides is 1. The van der Waals surface area contributed by atoms with Gasteiger partial charge in [0.2, 0.25) is 17.6 Å². The van der Waals surface area contributed by atoms with Crippen LogP contribution in [0.2, 0.25) is 0 Å². The molecule has 1 saturated heterocycles. The number of piperidine rings is 1. The second-order valence-corrected chi connectivity index (χ2v) is 8.22. The maximum absolute atomic E-state index is 12.8. The van der Waals surface area contributed by atoms with E-state index in [1.165, 1.54) is 0 Å². The lowest BCUT2D eigenvalue weighted by Crippen LogP contribution is -2.41. The second-order valence-electron chi connectivity index (χ2n) is 7.31. The number of carbonyl (C=O) groups excluding carboxylic acids is 1. The highest BCUT2D eigenvalue weighted by Gasteiger charge is 2.28. The van der Waals surface area contributed by atoms with Crippen molar-refractivity contribution in [3.63, 3.8) is 0 Å². The van der Waals surface area contributed by atoms with Gasteiger partial charge in [0.15, 0.2) is 0 Å². The Morgan fingerprint density at radius 2 is 1.93 bits per heavy atom. The van der Waals surface area contributed by atoms with Crippen LogP contribution in [0.1, 0.15) is 18.7 Å². The maximum Gasteiger partial charge on any atom is 0.241 e. The molecule has 4 rings (SSSR count). The highest BCUT2D eigenvalue weighted by atomic mass is 79.9. The van der Waals surface area contributed by atoms with Gasteiger partial charge in [-0.2, -0.15) is 4.98 Å². The van der Waals surface area contributed by atoms with Crippen molar-refractivity contribution in [2.45, 2.75) is 19.4 Å². The zero-order valence-corrected chi connectivity index (χ0v) is 17.9. The molecule has 0 aliphatic carbocycles. The van der Waals surface area contributed by atoms with Gasteiger partial charge in [0.25, 0.3) is 0 Å². The van der Waals surface area contributed by atoms with E-state index in [4.69, 9.17) is 4.52 Å². The fourth-order valence-electron chi connectivity index (χ4n) is 3.65. The summed E-state index contributed by atoms with van der Waals surface area (Å²) in [5.74, 6) is 1.43. The van der Waals surface area contributed by atoms with E-state index in [1.54, 1.807) is 4.90 Å². The molecule has 0 atom stereocenters. The first-order valence-corrected chi connectivity index (χ1v) is 10.5. The molecule has 29 heavy (non-hydrogen) atoms. The molecule has 3 aromatic rings. The molecule has 0 spiro atoms. The molecule has 1 fully saturated rings. The quantitative estimate of drug-likeness (QED) is 0.572. The summed E-state index contributed by atoms with van der Waals surface area (Å²) in [7, 11) is 1.85. The third-order valence-electron chi connectivity index (χ3n) is 5.32. The van der Waals surface area contributed by atoms with Crippen LogP contribution in [-0.2, 0) is 11.3 Å². The lowest BCUT2D eigenvalue weighted by molar-refractivity contribution is -0.123. The van der Waals surface area contributed by atoms with Gasteiger partial charge in [0, 0.05) is 28.7 Å². The summed E-state index contributed by atoms with van der Waals surface area (Å²) in [5.41, 5.74) is 1.86. The Morgan fingerprint density at radius 1 is 1.17 bits per heavy atom. The predicted octanol–water partition coefficient (Wildman–Crippen LogP) is 4.37. The first kappa shape index (κ1) is 19.8. The van der Waals surface area contributed by atoms with Crippen molar-refractivity contribution in [3.05, 3.63) is 65.0 Å². The van der Waals surface area contributed by atoms with E-state index in [1.807, 2.05) is 61.6 Å². The summed E-state index contributed by atoms with van der Waals surface area (Å²) < 4.78 is 6.42. The molecule has 1 aliphatic rings. The van der Waals surface area contributed by atoms with Gasteiger partial charge in [-0.15, -0.1) is 0 Å². The van der Waals surface area contributed by atoms with E-state index in [2.05, 4.69) is 31.0 Å². The molecule has 1 aliphatic heterocycles. The minimum Gasteiger partial charge on any atom is -0.338 e. The molecule has 2 heterocycles. The van der Waals surface area contributed by atoms with Crippen molar-refractivity contribution >= 4 is 27.5 Å². The highest BCUT2D eigenvalue weighted by Crippen LogP contribution is 2.24. The highest BCUT2D eigenvalue weighted by molar-refractivity contribution is 9.10. The predicted molar refractivity (Wildman–Crippen MR) is 115 cm³/mol. The molecule has 0 N–H and O–H groups in total. The Labute approximate surface area is 178 Å². The van der Waals surface area contributed by atoms with Gasteiger partial charge in [0.1, 0.15) is 0 Å². The van der Waals surface area contributed by atoms with Crippen LogP contribution in [0.4, 0.5) is 5.69 Å². The number of nitrogens with zero attached hydrogens (tertiary/aromatic N) is 4. The van der Waals surface area contributed by atoms with Gasteiger partial charge < -0.3 is 9.42 Å². The number of para-hydroxylation sites is 1. The summed E-state index contributed by atoms with van der Waals surface area (Å²) >= 11 is 3.46. The monoisotopic (exact) mass is 454 g/mol. The molecule has 6 nitrogen and oxygen atoms in total. The fraction of sp³-hybridized carbons (Fsp3) is 0.318. The number of hydrogen-bond donors (Lipinski definition) is 0. The first-order valence-electron chi connectivity index (χ1n) is 9.73. The number of aromatic nitrogens is 2. The van der Waals surface area contributed by atoms with Gasteiger partial charge >= 0.3 is 0 Å². The molecule has 1 aromatic heterocycles. The molecule has 0 unspecified atom stereocenters. The molecule has 7 heteroatoms. The van der Waals surface area contributed by atoms with E-state index in [-0.39, 0.29) is 11.8 Å². The van der Waals surface area contributed by atoms with Crippen molar-refractivity contribution in [2.75, 3.05) is 25.0 Å². The van der Waals surface area contributed by atoms with Crippen LogP contribution in [0.15, 0.2) is 63.6 Å². The number of rotatable bonds is 5. The van der Waals surface area contributed by atoms with E-state index in [0.29, 0.717) is 18.3 Å². The van der Waals surface area contributed by atoms with Crippen LogP contribution in [0.5, 0.6) is 0 Å². The fourth-order valence-corrected chi connectivity index (χ4v) is 4.05. The van der Waals surface area contributed by atoms with Crippen LogP contribution in [0, 0.1) is 5.92 Å². The Bertz CT molecular complexity index is 968. The molecule has 1 amide bonds. The Kier molecular flexibility index (Phi) is 6.06. The average molecular weight is 455 g/mol. The number of halogens is 1. The van der Waals surface area contributed by atoms with E-state index in [0.717, 1.165) is 41.7 Å². The van der Waals surface area contributed by atoms with E-state index >= 15 is 0 Å². The number of carbonyl (C=O) groups is 1. The van der Waals surface area contributed by atoms with Crippen molar-refractivity contribution in [1.82, 2.24) is 15.0 Å². The summed E-state index contributed by atoms with van der Waals surface area (Å²) in [5, 5.41) is 4.10. The molecule has 0 radical (unpaired) electrons. The molecule has 2 aromatic carbocycles. The molecular weight excluding hydrogens is 432 g/mol. The summed E-state index contributed by atoms with van der Waals surface area (Å²) in [4.78, 5) is 21.4. The second kappa shape index (κ2) is 8.88. The Morgan fingerprint density at radius 3 is 2.66 bits per heavy atom. The van der Waals surface area contributed by atoms with Crippen LogP contribution in [-0.4, -0.2) is 41.1 Å². The zero-order valence-electron chi connectivity index (χ0n) is 16.3. The smallest absolute Gasteiger partial charge is 0.241 e. The Balaban J connectivity index is 1.32. The zero-order chi connectivity index (χ0) is 20.2. The third kappa shape index (κ3) is 4.74. The minimum absolute atomic E-state index is 0.0522. The van der Waals surface area contributed by atoms with Crippen molar-refractivity contribution in [1.29, 1.82) is 0 Å². The molecule has 0 bridgehead atoms. The number of benzene rings is 2.